The molecule has 1 aliphatic heterocycles. The van der Waals surface area contributed by atoms with Gasteiger partial charge in [0.25, 0.3) is 5.91 Å². The highest BCUT2D eigenvalue weighted by atomic mass is 16.2. The van der Waals surface area contributed by atoms with Crippen molar-refractivity contribution in [2.45, 2.75) is 44.7 Å². The zero-order chi connectivity index (χ0) is 16.7. The van der Waals surface area contributed by atoms with Gasteiger partial charge >= 0.3 is 0 Å². The summed E-state index contributed by atoms with van der Waals surface area (Å²) in [7, 11) is 0. The number of aromatic nitrogens is 1. The predicted molar refractivity (Wildman–Crippen MR) is 93.3 cm³/mol. The molecule has 5 nitrogen and oxygen atoms in total. The number of carbonyl (C=O) groups excluding carboxylic acids is 2. The Morgan fingerprint density at radius 2 is 1.88 bits per heavy atom. The zero-order valence-electron chi connectivity index (χ0n) is 13.7. The highest BCUT2D eigenvalue weighted by Crippen LogP contribution is 2.36. The van der Waals surface area contributed by atoms with Gasteiger partial charge in [-0.25, -0.2) is 0 Å². The highest BCUT2D eigenvalue weighted by molar-refractivity contribution is 6.03. The first kappa shape index (κ1) is 15.0. The van der Waals surface area contributed by atoms with Crippen LogP contribution in [0.5, 0.6) is 0 Å². The average Bonchev–Trinajstić information content (AvgIpc) is 3.20. The van der Waals surface area contributed by atoms with E-state index >= 15 is 0 Å². The highest BCUT2D eigenvalue weighted by Gasteiger charge is 2.29. The van der Waals surface area contributed by atoms with Gasteiger partial charge in [-0.15, -0.1) is 0 Å². The fraction of sp³-hybridized carbons (Fsp3) is 0.368. The van der Waals surface area contributed by atoms with Crippen molar-refractivity contribution in [1.82, 2.24) is 4.57 Å². The standard InChI is InChI=1S/C19H21N3O2/c1-13-4-11-18(23)22(13)16-7-5-14(6-8-16)20-19(24)17-3-2-12-21(17)15-9-10-15/h2-3,5-8,12-13,15H,4,9-11H2,1H3,(H,20,24). The van der Waals surface area contributed by atoms with Gasteiger partial charge in [0, 0.05) is 36.1 Å². The van der Waals surface area contributed by atoms with Gasteiger partial charge in [-0.2, -0.15) is 0 Å². The lowest BCUT2D eigenvalue weighted by molar-refractivity contribution is -0.117. The van der Waals surface area contributed by atoms with Crippen LogP contribution in [0.15, 0.2) is 42.6 Å². The van der Waals surface area contributed by atoms with Crippen molar-refractivity contribution in [2.24, 2.45) is 0 Å². The first-order chi connectivity index (χ1) is 11.6. The van der Waals surface area contributed by atoms with Crippen LogP contribution in [0.4, 0.5) is 11.4 Å². The van der Waals surface area contributed by atoms with Crippen LogP contribution in [0, 0.1) is 0 Å². The largest absolute Gasteiger partial charge is 0.340 e. The fourth-order valence-electron chi connectivity index (χ4n) is 3.38. The Kier molecular flexibility index (Phi) is 3.63. The lowest BCUT2D eigenvalue weighted by atomic mass is 10.2. The van der Waals surface area contributed by atoms with Gasteiger partial charge in [0.15, 0.2) is 0 Å². The van der Waals surface area contributed by atoms with E-state index in [2.05, 4.69) is 12.2 Å². The van der Waals surface area contributed by atoms with Crippen LogP contribution in [0.25, 0.3) is 0 Å². The van der Waals surface area contributed by atoms with Gasteiger partial charge in [-0.3, -0.25) is 9.59 Å². The third-order valence-electron chi connectivity index (χ3n) is 4.84. The van der Waals surface area contributed by atoms with E-state index in [9.17, 15) is 9.59 Å². The summed E-state index contributed by atoms with van der Waals surface area (Å²) in [5.41, 5.74) is 2.33. The Morgan fingerprint density at radius 1 is 1.12 bits per heavy atom. The molecular formula is C19H21N3O2. The predicted octanol–water partition coefficient (Wildman–Crippen LogP) is 3.59. The maximum absolute atomic E-state index is 12.5. The maximum Gasteiger partial charge on any atom is 0.272 e. The van der Waals surface area contributed by atoms with E-state index in [4.69, 9.17) is 0 Å². The van der Waals surface area contributed by atoms with Gasteiger partial charge in [0.05, 0.1) is 0 Å². The number of hydrogen-bond donors (Lipinski definition) is 1. The Bertz CT molecular complexity index is 774. The molecule has 1 unspecified atom stereocenters. The summed E-state index contributed by atoms with van der Waals surface area (Å²) in [6.07, 6.45) is 5.76. The molecular weight excluding hydrogens is 302 g/mol. The number of nitrogens with one attached hydrogen (secondary N) is 1. The van der Waals surface area contributed by atoms with Crippen molar-refractivity contribution in [2.75, 3.05) is 10.2 Å². The van der Waals surface area contributed by atoms with Gasteiger partial charge in [-0.1, -0.05) is 0 Å². The normalized spacial score (nSPS) is 20.5. The molecule has 1 aliphatic carbocycles. The summed E-state index contributed by atoms with van der Waals surface area (Å²) in [4.78, 5) is 26.3. The third-order valence-corrected chi connectivity index (χ3v) is 4.84. The third kappa shape index (κ3) is 2.70. The summed E-state index contributed by atoms with van der Waals surface area (Å²) in [6.45, 7) is 2.06. The van der Waals surface area contributed by atoms with Crippen LogP contribution >= 0.6 is 0 Å². The molecule has 0 spiro atoms. The molecule has 4 rings (SSSR count). The summed E-state index contributed by atoms with van der Waals surface area (Å²) >= 11 is 0. The van der Waals surface area contributed by atoms with Crippen LogP contribution in [-0.2, 0) is 4.79 Å². The molecule has 2 aliphatic rings. The van der Waals surface area contributed by atoms with Crippen molar-refractivity contribution < 1.29 is 9.59 Å². The van der Waals surface area contributed by atoms with E-state index in [1.54, 1.807) is 0 Å². The smallest absolute Gasteiger partial charge is 0.272 e. The summed E-state index contributed by atoms with van der Waals surface area (Å²) in [6, 6.07) is 12.0. The average molecular weight is 323 g/mol. The molecule has 2 amide bonds. The molecule has 124 valence electrons. The van der Waals surface area contributed by atoms with E-state index in [1.165, 1.54) is 0 Å². The Morgan fingerprint density at radius 3 is 2.50 bits per heavy atom. The molecule has 0 radical (unpaired) electrons. The molecule has 2 heterocycles. The topological polar surface area (TPSA) is 54.3 Å². The summed E-state index contributed by atoms with van der Waals surface area (Å²) in [5, 5.41) is 2.94. The number of anilines is 2. The second kappa shape index (κ2) is 5.82. The maximum atomic E-state index is 12.5. The first-order valence-electron chi connectivity index (χ1n) is 8.54. The minimum Gasteiger partial charge on any atom is -0.340 e. The monoisotopic (exact) mass is 323 g/mol. The molecule has 1 saturated carbocycles. The minimum atomic E-state index is -0.0923. The zero-order valence-corrected chi connectivity index (χ0v) is 13.7. The number of nitrogens with zero attached hydrogens (tertiary/aromatic N) is 2. The van der Waals surface area contributed by atoms with Crippen molar-refractivity contribution in [3.63, 3.8) is 0 Å². The molecule has 2 aromatic rings. The second-order valence-corrected chi connectivity index (χ2v) is 6.68. The van der Waals surface area contributed by atoms with Crippen LogP contribution in [0.2, 0.25) is 0 Å². The minimum absolute atomic E-state index is 0.0923. The SMILES string of the molecule is CC1CCC(=O)N1c1ccc(NC(=O)c2cccn2C2CC2)cc1. The van der Waals surface area contributed by atoms with E-state index in [0.717, 1.165) is 30.6 Å². The molecule has 5 heteroatoms. The van der Waals surface area contributed by atoms with E-state index in [1.807, 2.05) is 52.1 Å². The molecule has 1 aromatic carbocycles. The molecule has 1 aromatic heterocycles. The Balaban J connectivity index is 1.48. The molecule has 2 fully saturated rings. The number of carbonyl (C=O) groups is 2. The second-order valence-electron chi connectivity index (χ2n) is 6.68. The number of hydrogen-bond acceptors (Lipinski definition) is 2. The van der Waals surface area contributed by atoms with E-state index < -0.39 is 0 Å². The van der Waals surface area contributed by atoms with Crippen LogP contribution < -0.4 is 10.2 Å². The number of rotatable bonds is 4. The molecule has 1 N–H and O–H groups in total. The number of benzene rings is 1. The van der Waals surface area contributed by atoms with E-state index in [0.29, 0.717) is 18.2 Å². The van der Waals surface area contributed by atoms with Crippen LogP contribution in [0.3, 0.4) is 0 Å². The van der Waals surface area contributed by atoms with Gasteiger partial charge < -0.3 is 14.8 Å². The molecule has 1 atom stereocenters. The number of amides is 2. The van der Waals surface area contributed by atoms with E-state index in [-0.39, 0.29) is 17.9 Å². The summed E-state index contributed by atoms with van der Waals surface area (Å²) in [5.74, 6) is 0.0758. The Labute approximate surface area is 141 Å². The van der Waals surface area contributed by atoms with Crippen molar-refractivity contribution in [3.05, 3.63) is 48.3 Å². The van der Waals surface area contributed by atoms with Gasteiger partial charge in [-0.05, 0) is 62.6 Å². The lowest BCUT2D eigenvalue weighted by Crippen LogP contribution is -2.30. The van der Waals surface area contributed by atoms with Crippen LogP contribution in [-0.4, -0.2) is 22.4 Å². The quantitative estimate of drug-likeness (QED) is 0.935. The lowest BCUT2D eigenvalue weighted by Gasteiger charge is -2.22. The van der Waals surface area contributed by atoms with Crippen molar-refractivity contribution >= 4 is 23.2 Å². The Hall–Kier alpha value is -2.56. The molecule has 1 saturated heterocycles. The van der Waals surface area contributed by atoms with Crippen LogP contribution in [0.1, 0.15) is 49.1 Å². The summed E-state index contributed by atoms with van der Waals surface area (Å²) < 4.78 is 2.05. The van der Waals surface area contributed by atoms with Gasteiger partial charge in [0.1, 0.15) is 5.69 Å². The first-order valence-corrected chi connectivity index (χ1v) is 8.54. The molecule has 24 heavy (non-hydrogen) atoms. The van der Waals surface area contributed by atoms with Gasteiger partial charge in [0.2, 0.25) is 5.91 Å². The molecule has 0 bridgehead atoms. The fourth-order valence-corrected chi connectivity index (χ4v) is 3.38. The van der Waals surface area contributed by atoms with Crippen molar-refractivity contribution in [3.8, 4) is 0 Å². The van der Waals surface area contributed by atoms with Crippen molar-refractivity contribution in [1.29, 1.82) is 0 Å².